The first-order chi connectivity index (χ1) is 10.7. The maximum Gasteiger partial charge on any atom is 0.332 e. The Hall–Kier alpha value is -2.71. The number of imidazole rings is 1. The summed E-state index contributed by atoms with van der Waals surface area (Å²) in [6, 6.07) is -0.512. The molecule has 3 rings (SSSR count). The van der Waals surface area contributed by atoms with Gasteiger partial charge in [0.25, 0.3) is 5.56 Å². The summed E-state index contributed by atoms with van der Waals surface area (Å²) in [5, 5.41) is 5.90. The van der Waals surface area contributed by atoms with E-state index in [0.717, 1.165) is 10.3 Å². The van der Waals surface area contributed by atoms with Crippen LogP contribution in [0.25, 0.3) is 11.2 Å². The van der Waals surface area contributed by atoms with Crippen LogP contribution in [0.15, 0.2) is 14.7 Å². The molecule has 23 heavy (non-hydrogen) atoms. The van der Waals surface area contributed by atoms with Crippen LogP contribution in [0.3, 0.4) is 0 Å². The van der Waals surface area contributed by atoms with Gasteiger partial charge in [0, 0.05) is 14.1 Å². The number of fused-ring (bicyclic) bond motifs is 3. The number of carbonyl (C=O) groups is 1. The van der Waals surface area contributed by atoms with E-state index in [9.17, 15) is 14.4 Å². The Kier molecular flexibility index (Phi) is 3.24. The van der Waals surface area contributed by atoms with Gasteiger partial charge in [-0.1, -0.05) is 0 Å². The molecule has 0 saturated heterocycles. The summed E-state index contributed by atoms with van der Waals surface area (Å²) in [5.41, 5.74) is 0.521. The zero-order valence-corrected chi connectivity index (χ0v) is 13.7. The van der Waals surface area contributed by atoms with Crippen LogP contribution in [0.4, 0.5) is 5.95 Å². The van der Waals surface area contributed by atoms with Crippen LogP contribution in [0.5, 0.6) is 0 Å². The largest absolute Gasteiger partial charge is 0.332 e. The fraction of sp³-hybridized carbons (Fsp3) is 0.500. The second-order valence-electron chi connectivity index (χ2n) is 5.84. The van der Waals surface area contributed by atoms with Gasteiger partial charge in [-0.2, -0.15) is 10.1 Å². The van der Waals surface area contributed by atoms with Gasteiger partial charge in [0.1, 0.15) is 6.04 Å². The van der Waals surface area contributed by atoms with Crippen LogP contribution in [0.2, 0.25) is 0 Å². The number of rotatable bonds is 2. The van der Waals surface area contributed by atoms with Crippen LogP contribution in [-0.4, -0.2) is 36.2 Å². The quantitative estimate of drug-likeness (QED) is 0.751. The van der Waals surface area contributed by atoms with Gasteiger partial charge >= 0.3 is 5.69 Å². The van der Waals surface area contributed by atoms with Crippen molar-refractivity contribution in [3.63, 3.8) is 0 Å². The van der Waals surface area contributed by atoms with Crippen molar-refractivity contribution < 1.29 is 4.79 Å². The number of ketones is 1. The first-order valence-corrected chi connectivity index (χ1v) is 7.24. The molecule has 0 unspecified atom stereocenters. The number of hydrogen-bond donors (Lipinski definition) is 0. The molecule has 0 radical (unpaired) electrons. The molecule has 0 N–H and O–H groups in total. The normalized spacial score (nSPS) is 15.5. The molecule has 0 spiro atoms. The summed E-state index contributed by atoms with van der Waals surface area (Å²) in [6.45, 7) is 5.42. The van der Waals surface area contributed by atoms with E-state index in [1.807, 2.05) is 6.92 Å². The molecule has 2 aromatic heterocycles. The summed E-state index contributed by atoms with van der Waals surface area (Å²) in [7, 11) is 3.00. The number of nitrogens with zero attached hydrogens (tertiary/aromatic N) is 6. The number of aryl methyl sites for hydroxylation is 1. The van der Waals surface area contributed by atoms with Crippen LogP contribution in [0.1, 0.15) is 20.8 Å². The number of Topliss-reactive ketones (excluding diaryl/α,β-unsaturated/α-hetero) is 1. The Morgan fingerprint density at radius 1 is 1.22 bits per heavy atom. The molecule has 0 fully saturated rings. The Morgan fingerprint density at radius 2 is 1.87 bits per heavy atom. The highest BCUT2D eigenvalue weighted by Crippen LogP contribution is 2.25. The first kappa shape index (κ1) is 15.2. The summed E-state index contributed by atoms with van der Waals surface area (Å²) in [4.78, 5) is 40.8. The van der Waals surface area contributed by atoms with Crippen LogP contribution < -0.4 is 16.3 Å². The Balaban J connectivity index is 2.39. The Bertz CT molecular complexity index is 977. The zero-order chi connectivity index (χ0) is 17.0. The third-order valence-electron chi connectivity index (χ3n) is 4.15. The molecule has 1 aliphatic heterocycles. The lowest BCUT2D eigenvalue weighted by atomic mass is 10.2. The number of aromatic nitrogens is 4. The minimum absolute atomic E-state index is 0.0659. The van der Waals surface area contributed by atoms with E-state index in [1.165, 1.54) is 23.5 Å². The van der Waals surface area contributed by atoms with E-state index >= 15 is 0 Å². The molecule has 0 aliphatic carbocycles. The summed E-state index contributed by atoms with van der Waals surface area (Å²) >= 11 is 0. The second-order valence-corrected chi connectivity index (χ2v) is 5.84. The number of anilines is 1. The van der Waals surface area contributed by atoms with Gasteiger partial charge in [-0.05, 0) is 20.8 Å². The lowest BCUT2D eigenvalue weighted by molar-refractivity contribution is -0.117. The van der Waals surface area contributed by atoms with Crippen LogP contribution in [-0.2, 0) is 25.4 Å². The van der Waals surface area contributed by atoms with Crippen molar-refractivity contribution in [1.29, 1.82) is 0 Å². The molecule has 1 aliphatic rings. The zero-order valence-electron chi connectivity index (χ0n) is 13.7. The third-order valence-corrected chi connectivity index (χ3v) is 4.15. The lowest BCUT2D eigenvalue weighted by Crippen LogP contribution is -2.40. The molecule has 9 heteroatoms. The minimum atomic E-state index is -0.512. The van der Waals surface area contributed by atoms with Crippen LogP contribution >= 0.6 is 0 Å². The van der Waals surface area contributed by atoms with Crippen molar-refractivity contribution in [3.05, 3.63) is 20.8 Å². The molecular weight excluding hydrogens is 300 g/mol. The second kappa shape index (κ2) is 4.90. The number of hydrazone groups is 1. The van der Waals surface area contributed by atoms with E-state index in [-0.39, 0.29) is 5.78 Å². The smallest absolute Gasteiger partial charge is 0.298 e. The van der Waals surface area contributed by atoms with Crippen LogP contribution in [0, 0.1) is 0 Å². The Morgan fingerprint density at radius 3 is 2.48 bits per heavy atom. The fourth-order valence-corrected chi connectivity index (χ4v) is 2.68. The molecule has 0 saturated carbocycles. The van der Waals surface area contributed by atoms with Gasteiger partial charge in [0.15, 0.2) is 16.9 Å². The summed E-state index contributed by atoms with van der Waals surface area (Å²) in [6.07, 6.45) is 0. The molecule has 0 bridgehead atoms. The fourth-order valence-electron chi connectivity index (χ4n) is 2.68. The standard InChI is InChI=1S/C14H18N6O3/c1-7-6-19-10-11(17(4)14(23)18(5)12(10)22)15-13(19)20(16-7)8(2)9(3)21/h8H,6H2,1-5H3/t8-/m1/s1. The van der Waals surface area contributed by atoms with E-state index in [4.69, 9.17) is 0 Å². The molecule has 3 heterocycles. The Labute approximate surface area is 131 Å². The average Bonchev–Trinajstić information content (AvgIpc) is 2.88. The highest BCUT2D eigenvalue weighted by atomic mass is 16.2. The van der Waals surface area contributed by atoms with Gasteiger partial charge in [-0.3, -0.25) is 23.3 Å². The average molecular weight is 318 g/mol. The molecular formula is C14H18N6O3. The highest BCUT2D eigenvalue weighted by Gasteiger charge is 2.30. The van der Waals surface area contributed by atoms with Crippen molar-refractivity contribution in [1.82, 2.24) is 18.7 Å². The molecule has 9 nitrogen and oxygen atoms in total. The van der Waals surface area contributed by atoms with Gasteiger partial charge < -0.3 is 0 Å². The van der Waals surface area contributed by atoms with Gasteiger partial charge in [0.2, 0.25) is 5.95 Å². The third kappa shape index (κ3) is 2.03. The predicted molar refractivity (Wildman–Crippen MR) is 85.9 cm³/mol. The molecule has 0 amide bonds. The topological polar surface area (TPSA) is 94.5 Å². The molecule has 0 aromatic carbocycles. The van der Waals surface area contributed by atoms with E-state index in [1.54, 1.807) is 18.5 Å². The monoisotopic (exact) mass is 318 g/mol. The lowest BCUT2D eigenvalue weighted by Gasteiger charge is -2.28. The number of hydrogen-bond acceptors (Lipinski definition) is 6. The van der Waals surface area contributed by atoms with Crippen molar-refractivity contribution in [2.24, 2.45) is 19.2 Å². The van der Waals surface area contributed by atoms with Gasteiger partial charge in [-0.15, -0.1) is 0 Å². The maximum atomic E-state index is 12.5. The van der Waals surface area contributed by atoms with Crippen molar-refractivity contribution >= 4 is 28.6 Å². The predicted octanol–water partition coefficient (Wildman–Crippen LogP) is -0.393. The first-order valence-electron chi connectivity index (χ1n) is 7.24. The van der Waals surface area contributed by atoms with Crippen molar-refractivity contribution in [3.8, 4) is 0 Å². The molecule has 122 valence electrons. The van der Waals surface area contributed by atoms with Crippen molar-refractivity contribution in [2.75, 3.05) is 5.01 Å². The van der Waals surface area contributed by atoms with E-state index < -0.39 is 17.3 Å². The van der Waals surface area contributed by atoms with Gasteiger partial charge in [0.05, 0.1) is 12.3 Å². The molecule has 2 aromatic rings. The molecule has 1 atom stereocenters. The van der Waals surface area contributed by atoms with E-state index in [0.29, 0.717) is 23.7 Å². The maximum absolute atomic E-state index is 12.5. The van der Waals surface area contributed by atoms with Gasteiger partial charge in [-0.25, -0.2) is 9.80 Å². The summed E-state index contributed by atoms with van der Waals surface area (Å²) in [5.74, 6) is 0.329. The number of carbonyl (C=O) groups excluding carboxylic acids is 1. The van der Waals surface area contributed by atoms with E-state index in [2.05, 4.69) is 10.1 Å². The highest BCUT2D eigenvalue weighted by molar-refractivity contribution is 5.90. The van der Waals surface area contributed by atoms with Crippen molar-refractivity contribution in [2.45, 2.75) is 33.4 Å². The minimum Gasteiger partial charge on any atom is -0.298 e. The summed E-state index contributed by atoms with van der Waals surface area (Å²) < 4.78 is 4.09. The SMILES string of the molecule is CC(=O)[C@@H](C)N1N=C(C)Cn2c1nc1c2c(=O)n(C)c(=O)n1C.